The van der Waals surface area contributed by atoms with Crippen molar-refractivity contribution in [3.05, 3.63) is 478 Å². The average Bonchev–Trinajstić information content (AvgIpc) is 1.54. The van der Waals surface area contributed by atoms with Crippen LogP contribution in [0.5, 0.6) is 0 Å². The minimum atomic E-state index is -1.05. The topological polar surface area (TPSA) is 169 Å². The molecule has 0 aliphatic rings. The Bertz CT molecular complexity index is 12700. The summed E-state index contributed by atoms with van der Waals surface area (Å²) in [5.41, 5.74) is 0.475. The average molecular weight is 1870 g/mol. The lowest BCUT2D eigenvalue weighted by Gasteiger charge is -2.11. The Kier molecular flexibility index (Phi) is 11.8. The molecule has 0 atom stereocenters. The molecule has 7 aromatic heterocycles. The van der Waals surface area contributed by atoms with E-state index < -0.39 is 431 Å². The van der Waals surface area contributed by atoms with Gasteiger partial charge in [-0.1, -0.05) is 424 Å². The van der Waals surface area contributed by atoms with Crippen LogP contribution in [0, 0.1) is 0 Å². The van der Waals surface area contributed by atoms with Gasteiger partial charge in [0.05, 0.1) is 67.2 Å². The molecule has 0 amide bonds. The molecule has 0 N–H and O–H groups in total. The lowest BCUT2D eigenvalue weighted by atomic mass is 9.95. The molecule has 0 fully saturated rings. The molecule has 0 unspecified atom stereocenters. The summed E-state index contributed by atoms with van der Waals surface area (Å²) in [4.78, 5) is 40.5. The summed E-state index contributed by atoms with van der Waals surface area (Å²) < 4.78 is 449. The summed E-state index contributed by atoms with van der Waals surface area (Å²) in [6.45, 7) is 0. The van der Waals surface area contributed by atoms with Crippen molar-refractivity contribution in [1.82, 2.24) is 44.9 Å². The molecule has 0 saturated heterocycles. The molecule has 0 aliphatic heterocycles. The van der Waals surface area contributed by atoms with E-state index in [0.717, 1.165) is 88.9 Å². The van der Waals surface area contributed by atoms with Crippen molar-refractivity contribution in [2.24, 2.45) is 0 Å². The van der Waals surface area contributed by atoms with Gasteiger partial charge in [-0.15, -0.1) is 0 Å². The van der Waals surface area contributed by atoms with Gasteiger partial charge >= 0.3 is 0 Å². The summed E-state index contributed by atoms with van der Waals surface area (Å²) in [6.07, 6.45) is 0. The van der Waals surface area contributed by atoms with Crippen molar-refractivity contribution >= 4 is 120 Å². The fourth-order valence-corrected chi connectivity index (χ4v) is 16.8. The number of hydrogen-bond donors (Lipinski definition) is 0. The Balaban J connectivity index is 0.000000137. The molecule has 664 valence electrons. The predicted molar refractivity (Wildman–Crippen MR) is 577 cm³/mol. The van der Waals surface area contributed by atoms with E-state index in [4.69, 9.17) is 88.8 Å². The number of nitrogens with zero attached hydrogens (tertiary/aromatic N) is 9. The van der Waals surface area contributed by atoms with E-state index in [1.165, 1.54) is 10.8 Å². The zero-order valence-electron chi connectivity index (χ0n) is 121. The normalized spacial score (nSPS) is 16.4. The van der Waals surface area contributed by atoms with Crippen molar-refractivity contribution in [2.45, 2.75) is 0 Å². The van der Waals surface area contributed by atoms with Crippen LogP contribution in [0.4, 0.5) is 0 Å². The van der Waals surface area contributed by atoms with E-state index in [2.05, 4.69) is 145 Å². The smallest absolute Gasteiger partial charge is 0.164 e. The monoisotopic (exact) mass is 1870 g/mol. The summed E-state index contributed by atoms with van der Waals surface area (Å²) in [6, 6.07) is 20.5. The quantitative estimate of drug-likeness (QED) is 0.101. The van der Waals surface area contributed by atoms with Gasteiger partial charge < -0.3 is 17.7 Å². The van der Waals surface area contributed by atoms with E-state index in [9.17, 15) is 11.0 Å². The van der Waals surface area contributed by atoms with Crippen molar-refractivity contribution in [1.29, 1.82) is 0 Å². The minimum Gasteiger partial charge on any atom is -0.456 e. The Labute approximate surface area is 883 Å². The highest BCUT2D eigenvalue weighted by Crippen LogP contribution is 2.47. The molecular formula is C129H79N9O4. The lowest BCUT2D eigenvalue weighted by Crippen LogP contribution is -2.00. The van der Waals surface area contributed by atoms with Crippen LogP contribution in [-0.2, 0) is 0 Å². The first kappa shape index (κ1) is 46.9. The zero-order chi connectivity index (χ0) is 137. The maximum absolute atomic E-state index is 9.40. The highest BCUT2D eigenvalue weighted by molar-refractivity contribution is 6.26. The molecule has 21 aromatic carbocycles. The maximum Gasteiger partial charge on any atom is 0.164 e. The standard InChI is InChI=1S/C49H29N3O2.C43H27N3O.C37H23N3O/c1-2-12-33(13-3-1)47-50-48(52-49(51-47)39-19-10-21-41-44(39)38-17-6-7-20-40(38)53-41)35-15-8-14-34(29-35)30-23-25-32(26-24-30)37-18-9-22-42-45(37)46-36-16-5-4-11-31(36)27-28-43(46)54-42;1-3-10-28(11-4-1)29-18-22-33(23-19-29)42-44-41(32-13-5-2-6-14-32)45-43(46-42)34-24-20-31(21-25-34)36-16-9-17-37-39(36)40-35-15-8-7-12-30(35)26-27-38(40)47-37;1-3-11-26(12-4-1)35-38-36(27-13-5-2-6-14-27)40-37(39-35)28-20-18-25(19-21-28)30-16-9-17-31-33(30)34-29-15-8-7-10-24(29)22-23-32(34)41-31/h1-29H;1-27H;1-23H/i;1D,2D,3D,4D,5D,6D,7D,8D,9D,10D,11D,12D,13D,14D,15D,16D,17D,18D,19D,20D,21D,22D,23D,24D,25D,26D,27D;1D,2D,3D,4D,5D,6D,7D,8D,9D,10D,11D,12D,13D,14D,15D,17D,18D,19D,20D,21D,22D,23D. The largest absolute Gasteiger partial charge is 0.456 e. The first-order chi connectivity index (χ1) is 90.7. The van der Waals surface area contributed by atoms with Gasteiger partial charge in [0.15, 0.2) is 52.4 Å². The van der Waals surface area contributed by atoms with Crippen LogP contribution in [0.15, 0.2) is 496 Å². The van der Waals surface area contributed by atoms with E-state index in [0.29, 0.717) is 17.5 Å². The van der Waals surface area contributed by atoms with Crippen molar-refractivity contribution in [3.63, 3.8) is 0 Å². The van der Waals surface area contributed by atoms with Crippen LogP contribution in [0.3, 0.4) is 0 Å². The number of fused-ring (bicyclic) bond motifs is 18. The lowest BCUT2D eigenvalue weighted by molar-refractivity contribution is 0.668. The maximum atomic E-state index is 9.40. The minimum absolute atomic E-state index is 0.235. The van der Waals surface area contributed by atoms with E-state index in [-0.39, 0.29) is 32.5 Å². The van der Waals surface area contributed by atoms with Crippen LogP contribution >= 0.6 is 0 Å². The van der Waals surface area contributed by atoms with Crippen molar-refractivity contribution in [2.75, 3.05) is 0 Å². The molecule has 28 aromatic rings. The second kappa shape index (κ2) is 35.7. The second-order valence-electron chi connectivity index (χ2n) is 31.5. The van der Waals surface area contributed by atoms with Gasteiger partial charge in [0.1, 0.15) is 44.7 Å². The molecule has 0 bridgehead atoms. The second-order valence-corrected chi connectivity index (χ2v) is 31.5. The summed E-state index contributed by atoms with van der Waals surface area (Å²) in [5.74, 6) is -3.04. The van der Waals surface area contributed by atoms with Gasteiger partial charge in [-0.3, -0.25) is 0 Å². The number of rotatable bonds is 14. The van der Waals surface area contributed by atoms with E-state index in [1.807, 2.05) is 60.7 Å². The van der Waals surface area contributed by atoms with E-state index >= 15 is 0 Å². The van der Waals surface area contributed by atoms with Gasteiger partial charge in [-0.05, 0) is 142 Å². The number of para-hydroxylation sites is 1. The number of benzene rings is 21. The van der Waals surface area contributed by atoms with Gasteiger partial charge in [0.2, 0.25) is 0 Å². The van der Waals surface area contributed by atoms with Gasteiger partial charge in [0.25, 0.3) is 0 Å². The first-order valence-electron chi connectivity index (χ1n) is 67.8. The van der Waals surface area contributed by atoms with Crippen LogP contribution < -0.4 is 0 Å². The third-order valence-corrected chi connectivity index (χ3v) is 23.2. The molecule has 0 saturated carbocycles. The third-order valence-electron chi connectivity index (χ3n) is 23.2. The first-order valence-corrected chi connectivity index (χ1v) is 43.3. The van der Waals surface area contributed by atoms with Crippen LogP contribution in [0.1, 0.15) is 67.2 Å². The molecule has 142 heavy (non-hydrogen) atoms. The fourth-order valence-electron chi connectivity index (χ4n) is 16.8. The summed E-state index contributed by atoms with van der Waals surface area (Å²) in [5, 5.41) is 3.79. The predicted octanol–water partition coefficient (Wildman–Crippen LogP) is 34.0. The highest BCUT2D eigenvalue weighted by Gasteiger charge is 2.25. The van der Waals surface area contributed by atoms with Gasteiger partial charge in [0, 0.05) is 93.2 Å². The molecule has 28 rings (SSSR count). The Hall–Kier alpha value is -19.4. The van der Waals surface area contributed by atoms with Crippen LogP contribution in [0.25, 0.3) is 278 Å². The van der Waals surface area contributed by atoms with Crippen LogP contribution in [-0.4, -0.2) is 44.9 Å². The number of furan rings is 4. The van der Waals surface area contributed by atoms with Crippen molar-refractivity contribution < 1.29 is 84.8 Å². The zero-order valence-corrected chi connectivity index (χ0v) is 72.5. The Morgan fingerprint density at radius 1 is 0.141 bits per heavy atom. The number of aromatic nitrogens is 9. The highest BCUT2D eigenvalue weighted by atomic mass is 16.3. The Morgan fingerprint density at radius 2 is 0.500 bits per heavy atom. The Morgan fingerprint density at radius 3 is 1.08 bits per heavy atom. The molecule has 13 heteroatoms. The molecule has 7 heterocycles. The third kappa shape index (κ3) is 15.5. The fraction of sp³-hybridized carbons (Fsp3) is 0. The summed E-state index contributed by atoms with van der Waals surface area (Å²) >= 11 is 0. The van der Waals surface area contributed by atoms with Gasteiger partial charge in [-0.2, -0.15) is 0 Å². The number of hydrogen-bond acceptors (Lipinski definition) is 13. The summed E-state index contributed by atoms with van der Waals surface area (Å²) in [7, 11) is 0. The molecule has 0 spiro atoms. The van der Waals surface area contributed by atoms with Crippen molar-refractivity contribution in [3.8, 4) is 158 Å². The molecule has 0 radical (unpaired) electrons. The van der Waals surface area contributed by atoms with E-state index in [1.54, 1.807) is 0 Å². The SMILES string of the molecule is [2H]c1c([2H])c([2H])c(-c2nc(-c3c([2H])c([2H])c(-c4c([2H])c([2H])c([2H])c([2H])c4[2H])c([2H])c3[2H])nc(-c3c([2H])c([2H])c(-c4c([2H])c([2H])c([2H])c5oc6c([2H])c([2H])c7c([2H])c([2H])c([2H])c([2H])c7c6c45)c([2H])c3[2H])n2)c([2H])c1[2H].[2H]c1cc(-c2c([2H])c([2H])c(-c3nc(-c4c([2H])c([2H])c([2H])c([2H])c4[2H])nc(-c4c([2H])c([2H])c([2H])c([2H])c4[2H])n3)c([2H])c2[2H])c2c(oc3c([2H])c([2H])c4c([2H])c([2H])c([2H])c([2H])c4c32)c1[2H].c1ccc(-c2nc(-c3cccc(-c4ccc(-c5cccc6oc7ccc8ccccc8c7c56)cc4)c3)nc(-c3cccc4oc5ccccc5c34)n2)cc1. The molecule has 0 aliphatic carbocycles. The molecular weight excluding hydrogens is 1740 g/mol. The van der Waals surface area contributed by atoms with Gasteiger partial charge in [-0.25, -0.2) is 44.9 Å². The molecule has 13 nitrogen and oxygen atoms in total. The van der Waals surface area contributed by atoms with Crippen LogP contribution in [0.2, 0.25) is 0 Å².